The maximum atomic E-state index is 12.6. The predicted octanol–water partition coefficient (Wildman–Crippen LogP) is 4.08. The van der Waals surface area contributed by atoms with Crippen molar-refractivity contribution in [2.24, 2.45) is 0 Å². The van der Waals surface area contributed by atoms with Gasteiger partial charge in [-0.15, -0.1) is 0 Å². The van der Waals surface area contributed by atoms with Crippen LogP contribution in [0.2, 0.25) is 0 Å². The number of benzene rings is 1. The Balaban J connectivity index is 2.01. The molecule has 4 aromatic rings. The molecule has 3 heterocycles. The van der Waals surface area contributed by atoms with Crippen LogP contribution in [-0.2, 0) is 0 Å². The fourth-order valence-corrected chi connectivity index (χ4v) is 3.57. The average Bonchev–Trinajstić information content (AvgIpc) is 2.72. The third kappa shape index (κ3) is 4.23. The van der Waals surface area contributed by atoms with Gasteiger partial charge in [0, 0.05) is 31.9 Å². The summed E-state index contributed by atoms with van der Waals surface area (Å²) < 4.78 is 10.3. The molecule has 0 saturated heterocycles. The predicted molar refractivity (Wildman–Crippen MR) is 125 cm³/mol. The number of anilines is 1. The van der Waals surface area contributed by atoms with Crippen LogP contribution in [0.1, 0.15) is 11.5 Å². The van der Waals surface area contributed by atoms with Crippen LogP contribution in [0.25, 0.3) is 33.6 Å². The van der Waals surface area contributed by atoms with Gasteiger partial charge >= 0.3 is 11.3 Å². The van der Waals surface area contributed by atoms with Crippen LogP contribution in [0.3, 0.4) is 0 Å². The second-order valence-corrected chi connectivity index (χ2v) is 7.88. The van der Waals surface area contributed by atoms with Crippen LogP contribution < -0.4 is 16.2 Å². The van der Waals surface area contributed by atoms with Gasteiger partial charge in [-0.3, -0.25) is 0 Å². The van der Waals surface area contributed by atoms with Gasteiger partial charge in [0.1, 0.15) is 34.1 Å². The molecule has 0 saturated carbocycles. The van der Waals surface area contributed by atoms with E-state index in [1.807, 2.05) is 43.3 Å². The number of aromatic nitrogens is 1. The van der Waals surface area contributed by atoms with Crippen molar-refractivity contribution in [1.29, 1.82) is 0 Å². The van der Waals surface area contributed by atoms with Crippen LogP contribution in [-0.4, -0.2) is 29.3 Å². The maximum absolute atomic E-state index is 12.6. The Kier molecular flexibility index (Phi) is 5.51. The highest BCUT2D eigenvalue weighted by atomic mass is 16.4. The van der Waals surface area contributed by atoms with Crippen LogP contribution in [0.4, 0.5) is 5.69 Å². The number of rotatable bonds is 4. The zero-order valence-electron chi connectivity index (χ0n) is 18.5. The van der Waals surface area contributed by atoms with Crippen molar-refractivity contribution >= 4 is 5.69 Å². The van der Waals surface area contributed by atoms with Crippen molar-refractivity contribution in [3.63, 3.8) is 0 Å². The third-order valence-electron chi connectivity index (χ3n) is 5.16. The fraction of sp³-hybridized carbons (Fsp3) is 0.160. The molecule has 0 bridgehead atoms. The third-order valence-corrected chi connectivity index (χ3v) is 5.16. The maximum Gasteiger partial charge on any atom is 0.349 e. The Morgan fingerprint density at radius 3 is 1.58 bits per heavy atom. The lowest BCUT2D eigenvalue weighted by molar-refractivity contribution is 0.438. The van der Waals surface area contributed by atoms with E-state index in [9.17, 15) is 19.8 Å². The lowest BCUT2D eigenvalue weighted by Gasteiger charge is -2.14. The van der Waals surface area contributed by atoms with Crippen LogP contribution in [0.5, 0.6) is 11.5 Å². The van der Waals surface area contributed by atoms with E-state index >= 15 is 0 Å². The summed E-state index contributed by atoms with van der Waals surface area (Å²) in [5.74, 6) is -0.118. The van der Waals surface area contributed by atoms with Crippen molar-refractivity contribution in [1.82, 2.24) is 4.98 Å². The van der Waals surface area contributed by atoms with Gasteiger partial charge in [-0.2, -0.15) is 0 Å². The number of aryl methyl sites for hydroxylation is 2. The molecule has 8 nitrogen and oxygen atoms in total. The quantitative estimate of drug-likeness (QED) is 0.482. The molecule has 2 N–H and O–H groups in total. The summed E-state index contributed by atoms with van der Waals surface area (Å²) in [7, 11) is 3.85. The van der Waals surface area contributed by atoms with E-state index in [1.165, 1.54) is 12.1 Å². The van der Waals surface area contributed by atoms with Gasteiger partial charge in [0.15, 0.2) is 0 Å². The minimum Gasteiger partial charge on any atom is -0.507 e. The number of pyridine rings is 1. The van der Waals surface area contributed by atoms with Crippen LogP contribution >= 0.6 is 0 Å². The number of aromatic hydroxyl groups is 2. The second kappa shape index (κ2) is 8.31. The highest BCUT2D eigenvalue weighted by molar-refractivity contribution is 5.79. The zero-order valence-corrected chi connectivity index (χ0v) is 18.5. The minimum atomic E-state index is -0.772. The number of nitrogens with zero attached hydrogens (tertiary/aromatic N) is 2. The van der Waals surface area contributed by atoms with E-state index in [4.69, 9.17) is 8.83 Å². The van der Waals surface area contributed by atoms with Gasteiger partial charge in [0.2, 0.25) is 0 Å². The lowest BCUT2D eigenvalue weighted by Crippen LogP contribution is -2.09. The molecule has 8 heteroatoms. The molecule has 168 valence electrons. The highest BCUT2D eigenvalue weighted by Crippen LogP contribution is 2.34. The molecule has 0 fully saturated rings. The Bertz CT molecular complexity index is 1380. The van der Waals surface area contributed by atoms with E-state index < -0.39 is 11.3 Å². The summed E-state index contributed by atoms with van der Waals surface area (Å²) >= 11 is 0. The molecule has 0 unspecified atom stereocenters. The van der Waals surface area contributed by atoms with Gasteiger partial charge in [0.25, 0.3) is 0 Å². The van der Waals surface area contributed by atoms with Gasteiger partial charge < -0.3 is 23.9 Å². The lowest BCUT2D eigenvalue weighted by atomic mass is 10.00. The van der Waals surface area contributed by atoms with E-state index in [0.29, 0.717) is 5.56 Å². The first-order chi connectivity index (χ1) is 15.6. The summed E-state index contributed by atoms with van der Waals surface area (Å²) in [5.41, 5.74) is 0.708. The molecule has 0 amide bonds. The van der Waals surface area contributed by atoms with Crippen LogP contribution in [0.15, 0.2) is 67.0 Å². The molecule has 4 rings (SSSR count). The molecular formula is C25H22N2O6. The monoisotopic (exact) mass is 446 g/mol. The first-order valence-electron chi connectivity index (χ1n) is 10.1. The Morgan fingerprint density at radius 2 is 1.18 bits per heavy atom. The number of hydrogen-bond acceptors (Lipinski definition) is 8. The molecular weight excluding hydrogens is 424 g/mol. The molecule has 0 aliphatic carbocycles. The SMILES string of the molecule is Cc1cc(O)c(-c2cc(-c3ccc(N(C)C)cc3)cc(-c3c(O)cc(C)oc3=O)n2)c(=O)o1. The van der Waals surface area contributed by atoms with Crippen molar-refractivity contribution in [3.05, 3.63) is 80.9 Å². The molecule has 0 aliphatic heterocycles. The van der Waals surface area contributed by atoms with Gasteiger partial charge in [-0.25, -0.2) is 14.6 Å². The fourth-order valence-electron chi connectivity index (χ4n) is 3.57. The molecule has 1 aromatic carbocycles. The van der Waals surface area contributed by atoms with Gasteiger partial charge in [0.05, 0.1) is 11.4 Å². The standard InChI is InChI=1S/C25H22N2O6/c1-13-9-20(28)22(24(30)32-13)18-11-16(15-5-7-17(8-6-15)27(3)4)12-19(26-18)23-21(29)10-14(2)33-25(23)31/h5-12,28-29H,1-4H3. The summed E-state index contributed by atoms with van der Waals surface area (Å²) in [6.45, 7) is 3.09. The van der Waals surface area contributed by atoms with E-state index in [0.717, 1.165) is 11.3 Å². The minimum absolute atomic E-state index is 0.0878. The topological polar surface area (TPSA) is 117 Å². The molecule has 3 aromatic heterocycles. The summed E-state index contributed by atoms with van der Waals surface area (Å²) in [4.78, 5) is 31.5. The molecule has 0 spiro atoms. The van der Waals surface area contributed by atoms with E-state index in [1.54, 1.807) is 26.0 Å². The van der Waals surface area contributed by atoms with Crippen molar-refractivity contribution in [2.45, 2.75) is 13.8 Å². The second-order valence-electron chi connectivity index (χ2n) is 7.88. The Hall–Kier alpha value is -4.33. The van der Waals surface area contributed by atoms with Gasteiger partial charge in [-0.1, -0.05) is 12.1 Å². The molecule has 33 heavy (non-hydrogen) atoms. The largest absolute Gasteiger partial charge is 0.507 e. The van der Waals surface area contributed by atoms with Gasteiger partial charge in [-0.05, 0) is 49.2 Å². The summed E-state index contributed by atoms with van der Waals surface area (Å²) in [6.07, 6.45) is 0. The van der Waals surface area contributed by atoms with E-state index in [-0.39, 0.29) is 45.5 Å². The Morgan fingerprint density at radius 1 is 0.727 bits per heavy atom. The van der Waals surface area contributed by atoms with E-state index in [2.05, 4.69) is 4.98 Å². The molecule has 0 aliphatic rings. The van der Waals surface area contributed by atoms with Crippen molar-refractivity contribution in [3.8, 4) is 45.1 Å². The van der Waals surface area contributed by atoms with Crippen LogP contribution in [0, 0.1) is 13.8 Å². The summed E-state index contributed by atoms with van der Waals surface area (Å²) in [6, 6.07) is 13.5. The first-order valence-corrected chi connectivity index (χ1v) is 10.1. The highest BCUT2D eigenvalue weighted by Gasteiger charge is 2.20. The summed E-state index contributed by atoms with van der Waals surface area (Å²) in [5, 5.41) is 20.9. The smallest absolute Gasteiger partial charge is 0.349 e. The first kappa shape index (κ1) is 21.9. The molecule has 0 radical (unpaired) electrons. The van der Waals surface area contributed by atoms with Crippen molar-refractivity contribution < 1.29 is 19.0 Å². The number of hydrogen-bond donors (Lipinski definition) is 2. The Labute approximate surface area is 189 Å². The average molecular weight is 446 g/mol. The van der Waals surface area contributed by atoms with Crippen molar-refractivity contribution in [2.75, 3.05) is 19.0 Å². The molecule has 0 atom stereocenters. The zero-order chi connectivity index (χ0) is 23.9. The normalized spacial score (nSPS) is 10.9.